The summed E-state index contributed by atoms with van der Waals surface area (Å²) in [6, 6.07) is 0. The van der Waals surface area contributed by atoms with Crippen molar-refractivity contribution >= 4 is 24.0 Å². The molecular weight excluding hydrogens is 285 g/mol. The number of aromatic nitrogens is 2. The van der Waals surface area contributed by atoms with Gasteiger partial charge in [-0.05, 0) is 44.7 Å². The molecule has 0 aromatic carbocycles. The minimum atomic E-state index is 0. The highest BCUT2D eigenvalue weighted by atomic mass is 35.5. The SMILES string of the molecule is Cl.Clc1nccnc1COCCCC1CCNCC1. The van der Waals surface area contributed by atoms with Crippen molar-refractivity contribution in [2.45, 2.75) is 32.3 Å². The van der Waals surface area contributed by atoms with Crippen molar-refractivity contribution in [1.82, 2.24) is 15.3 Å². The third kappa shape index (κ3) is 6.04. The van der Waals surface area contributed by atoms with Gasteiger partial charge in [0.1, 0.15) is 5.69 Å². The molecule has 1 aliphatic heterocycles. The Kier molecular flexibility index (Phi) is 8.30. The summed E-state index contributed by atoms with van der Waals surface area (Å²) in [5.74, 6) is 0.870. The first-order chi connectivity index (χ1) is 8.86. The second-order valence-corrected chi connectivity index (χ2v) is 5.04. The van der Waals surface area contributed by atoms with E-state index in [1.54, 1.807) is 12.4 Å². The zero-order chi connectivity index (χ0) is 12.6. The van der Waals surface area contributed by atoms with Gasteiger partial charge in [-0.2, -0.15) is 0 Å². The van der Waals surface area contributed by atoms with Gasteiger partial charge in [0.05, 0.1) is 6.61 Å². The fourth-order valence-electron chi connectivity index (χ4n) is 2.26. The van der Waals surface area contributed by atoms with Crippen LogP contribution in [0.25, 0.3) is 0 Å². The van der Waals surface area contributed by atoms with Crippen molar-refractivity contribution in [3.63, 3.8) is 0 Å². The third-order valence-corrected chi connectivity index (χ3v) is 3.64. The summed E-state index contributed by atoms with van der Waals surface area (Å²) in [7, 11) is 0. The molecule has 0 radical (unpaired) electrons. The third-order valence-electron chi connectivity index (χ3n) is 3.32. The molecule has 0 atom stereocenters. The summed E-state index contributed by atoms with van der Waals surface area (Å²) in [5.41, 5.74) is 0.723. The lowest BCUT2D eigenvalue weighted by Gasteiger charge is -2.22. The van der Waals surface area contributed by atoms with E-state index >= 15 is 0 Å². The number of hydrogen-bond donors (Lipinski definition) is 1. The zero-order valence-electron chi connectivity index (χ0n) is 11.0. The molecule has 0 bridgehead atoms. The van der Waals surface area contributed by atoms with Crippen molar-refractivity contribution in [2.24, 2.45) is 5.92 Å². The number of hydrogen-bond acceptors (Lipinski definition) is 4. The van der Waals surface area contributed by atoms with Crippen molar-refractivity contribution in [3.05, 3.63) is 23.2 Å². The Bertz CT molecular complexity index is 359. The molecule has 0 amide bonds. The second-order valence-electron chi connectivity index (χ2n) is 4.68. The molecule has 1 aliphatic rings. The molecule has 1 aromatic heterocycles. The normalized spacial score (nSPS) is 16.1. The molecule has 1 aromatic rings. The van der Waals surface area contributed by atoms with Crippen LogP contribution in [0.2, 0.25) is 5.15 Å². The van der Waals surface area contributed by atoms with E-state index < -0.39 is 0 Å². The summed E-state index contributed by atoms with van der Waals surface area (Å²) < 4.78 is 5.59. The summed E-state index contributed by atoms with van der Waals surface area (Å²) in [6.07, 6.45) is 8.20. The number of nitrogens with zero attached hydrogens (tertiary/aromatic N) is 2. The molecule has 0 spiro atoms. The molecule has 0 saturated carbocycles. The van der Waals surface area contributed by atoms with Crippen LogP contribution >= 0.6 is 24.0 Å². The fourth-order valence-corrected chi connectivity index (χ4v) is 2.42. The maximum absolute atomic E-state index is 5.90. The quantitative estimate of drug-likeness (QED) is 0.821. The second kappa shape index (κ2) is 9.48. The maximum Gasteiger partial charge on any atom is 0.152 e. The van der Waals surface area contributed by atoms with Gasteiger partial charge >= 0.3 is 0 Å². The predicted molar refractivity (Wildman–Crippen MR) is 78.8 cm³/mol. The van der Waals surface area contributed by atoms with E-state index in [1.807, 2.05) is 0 Å². The van der Waals surface area contributed by atoms with E-state index in [-0.39, 0.29) is 12.4 Å². The van der Waals surface area contributed by atoms with Gasteiger partial charge in [-0.3, -0.25) is 4.98 Å². The van der Waals surface area contributed by atoms with Crippen molar-refractivity contribution < 1.29 is 4.74 Å². The van der Waals surface area contributed by atoms with Gasteiger partial charge in [0, 0.05) is 19.0 Å². The van der Waals surface area contributed by atoms with Gasteiger partial charge in [0.2, 0.25) is 0 Å². The first kappa shape index (κ1) is 16.6. The molecule has 4 nitrogen and oxygen atoms in total. The molecule has 1 N–H and O–H groups in total. The molecule has 1 saturated heterocycles. The van der Waals surface area contributed by atoms with Crippen molar-refractivity contribution in [3.8, 4) is 0 Å². The molecule has 6 heteroatoms. The lowest BCUT2D eigenvalue weighted by Crippen LogP contribution is -2.27. The van der Waals surface area contributed by atoms with Crippen LogP contribution in [0.15, 0.2) is 12.4 Å². The van der Waals surface area contributed by atoms with Gasteiger partial charge in [-0.1, -0.05) is 11.6 Å². The molecule has 108 valence electrons. The van der Waals surface area contributed by atoms with Crippen LogP contribution in [0.5, 0.6) is 0 Å². The molecule has 0 aliphatic carbocycles. The van der Waals surface area contributed by atoms with Crippen molar-refractivity contribution in [1.29, 1.82) is 0 Å². The number of ether oxygens (including phenoxy) is 1. The average molecular weight is 306 g/mol. The highest BCUT2D eigenvalue weighted by molar-refractivity contribution is 6.29. The Balaban J connectivity index is 0.00000180. The minimum Gasteiger partial charge on any atom is -0.375 e. The highest BCUT2D eigenvalue weighted by Crippen LogP contribution is 2.17. The average Bonchev–Trinajstić information content (AvgIpc) is 2.42. The molecule has 19 heavy (non-hydrogen) atoms. The molecule has 1 fully saturated rings. The molecule has 0 unspecified atom stereocenters. The zero-order valence-corrected chi connectivity index (χ0v) is 12.6. The van der Waals surface area contributed by atoms with E-state index in [1.165, 1.54) is 32.4 Å². The Labute approximate surface area is 125 Å². The van der Waals surface area contributed by atoms with Crippen LogP contribution in [-0.2, 0) is 11.3 Å². The lowest BCUT2D eigenvalue weighted by atomic mass is 9.93. The summed E-state index contributed by atoms with van der Waals surface area (Å²) in [5, 5.41) is 3.82. The van der Waals surface area contributed by atoms with E-state index in [9.17, 15) is 0 Å². The Hall–Kier alpha value is -0.420. The molecular formula is C13H21Cl2N3O. The van der Waals surface area contributed by atoms with Crippen LogP contribution in [0, 0.1) is 5.92 Å². The van der Waals surface area contributed by atoms with Crippen molar-refractivity contribution in [2.75, 3.05) is 19.7 Å². The van der Waals surface area contributed by atoms with Gasteiger partial charge in [0.25, 0.3) is 0 Å². The maximum atomic E-state index is 5.90. The van der Waals surface area contributed by atoms with Crippen LogP contribution in [0.4, 0.5) is 0 Å². The first-order valence-electron chi connectivity index (χ1n) is 6.60. The highest BCUT2D eigenvalue weighted by Gasteiger charge is 2.12. The summed E-state index contributed by atoms with van der Waals surface area (Å²) in [6.45, 7) is 3.57. The number of halogens is 2. The standard InChI is InChI=1S/C13H20ClN3O.ClH/c14-13-12(16-7-8-17-13)10-18-9-1-2-11-3-5-15-6-4-11;/h7-8,11,15H,1-6,9-10H2;1H. The van der Waals surface area contributed by atoms with Gasteiger partial charge in [-0.25, -0.2) is 4.98 Å². The van der Waals surface area contributed by atoms with Crippen LogP contribution < -0.4 is 5.32 Å². The first-order valence-corrected chi connectivity index (χ1v) is 6.98. The minimum absolute atomic E-state index is 0. The predicted octanol–water partition coefficient (Wildman–Crippen LogP) is 2.85. The number of rotatable bonds is 6. The lowest BCUT2D eigenvalue weighted by molar-refractivity contribution is 0.109. The topological polar surface area (TPSA) is 47.0 Å². The molecule has 2 heterocycles. The van der Waals surface area contributed by atoms with Crippen LogP contribution in [0.3, 0.4) is 0 Å². The Morgan fingerprint density at radius 3 is 2.74 bits per heavy atom. The van der Waals surface area contributed by atoms with Gasteiger partial charge < -0.3 is 10.1 Å². The summed E-state index contributed by atoms with van der Waals surface area (Å²) in [4.78, 5) is 8.11. The van der Waals surface area contributed by atoms with Crippen LogP contribution in [-0.4, -0.2) is 29.7 Å². The van der Waals surface area contributed by atoms with E-state index in [0.717, 1.165) is 24.6 Å². The van der Waals surface area contributed by atoms with E-state index in [0.29, 0.717) is 11.8 Å². The number of piperidine rings is 1. The van der Waals surface area contributed by atoms with Gasteiger partial charge in [-0.15, -0.1) is 12.4 Å². The smallest absolute Gasteiger partial charge is 0.152 e. The Morgan fingerprint density at radius 1 is 1.26 bits per heavy atom. The number of nitrogens with one attached hydrogen (secondary N) is 1. The summed E-state index contributed by atoms with van der Waals surface area (Å²) >= 11 is 5.90. The van der Waals surface area contributed by atoms with E-state index in [4.69, 9.17) is 16.3 Å². The van der Waals surface area contributed by atoms with Gasteiger partial charge in [0.15, 0.2) is 5.15 Å². The largest absolute Gasteiger partial charge is 0.375 e. The van der Waals surface area contributed by atoms with Crippen LogP contribution in [0.1, 0.15) is 31.4 Å². The fraction of sp³-hybridized carbons (Fsp3) is 0.692. The monoisotopic (exact) mass is 305 g/mol. The Morgan fingerprint density at radius 2 is 2.00 bits per heavy atom. The van der Waals surface area contributed by atoms with E-state index in [2.05, 4.69) is 15.3 Å². The molecule has 2 rings (SSSR count).